The summed E-state index contributed by atoms with van der Waals surface area (Å²) in [5.74, 6) is -3.04. The van der Waals surface area contributed by atoms with Gasteiger partial charge in [-0.05, 0) is 43.0 Å². The molecular formula is C27H28ClFN4O4. The van der Waals surface area contributed by atoms with E-state index in [1.807, 2.05) is 30.3 Å². The number of hydrogen-bond donors (Lipinski definition) is 3. The monoisotopic (exact) mass is 526 g/mol. The zero-order valence-corrected chi connectivity index (χ0v) is 20.8. The molecule has 8 nitrogen and oxygen atoms in total. The number of carbonyl (C=O) groups excluding carboxylic acids is 4. The Morgan fingerprint density at radius 1 is 1.22 bits per heavy atom. The zero-order chi connectivity index (χ0) is 26.5. The lowest BCUT2D eigenvalue weighted by molar-refractivity contribution is -0.136. The Morgan fingerprint density at radius 3 is 2.62 bits per heavy atom. The SMILES string of the molecule is NC(=O)[C@H](C[C@@H]1CCNC1=O)NC(=O)C1CC(c2ccccc2)CN1C(=O)/C=C/c1ccc(Cl)cc1F. The van der Waals surface area contributed by atoms with Crippen molar-refractivity contribution in [3.8, 4) is 0 Å². The molecule has 2 unspecified atom stereocenters. The van der Waals surface area contributed by atoms with Gasteiger partial charge in [-0.15, -0.1) is 0 Å². The molecule has 2 heterocycles. The van der Waals surface area contributed by atoms with Crippen LogP contribution in [0.3, 0.4) is 0 Å². The van der Waals surface area contributed by atoms with Crippen molar-refractivity contribution in [2.75, 3.05) is 13.1 Å². The molecule has 2 aliphatic heterocycles. The van der Waals surface area contributed by atoms with E-state index < -0.39 is 41.5 Å². The third kappa shape index (κ3) is 6.35. The second kappa shape index (κ2) is 11.6. The summed E-state index contributed by atoms with van der Waals surface area (Å²) in [4.78, 5) is 52.0. The molecule has 0 aliphatic carbocycles. The van der Waals surface area contributed by atoms with Crippen LogP contribution >= 0.6 is 11.6 Å². The van der Waals surface area contributed by atoms with Gasteiger partial charge in [0, 0.05) is 41.6 Å². The van der Waals surface area contributed by atoms with Gasteiger partial charge in [0.1, 0.15) is 17.9 Å². The minimum Gasteiger partial charge on any atom is -0.368 e. The van der Waals surface area contributed by atoms with Crippen molar-refractivity contribution in [2.24, 2.45) is 11.7 Å². The van der Waals surface area contributed by atoms with Crippen LogP contribution in [0.2, 0.25) is 5.02 Å². The summed E-state index contributed by atoms with van der Waals surface area (Å²) in [6.45, 7) is 0.772. The van der Waals surface area contributed by atoms with Gasteiger partial charge in [0.15, 0.2) is 0 Å². The van der Waals surface area contributed by atoms with Gasteiger partial charge in [0.25, 0.3) is 0 Å². The Morgan fingerprint density at radius 2 is 1.97 bits per heavy atom. The van der Waals surface area contributed by atoms with E-state index in [0.717, 1.165) is 11.6 Å². The molecule has 0 spiro atoms. The molecule has 0 bridgehead atoms. The number of halogens is 2. The van der Waals surface area contributed by atoms with Crippen molar-refractivity contribution < 1.29 is 23.6 Å². The number of carbonyl (C=O) groups is 4. The number of primary amides is 1. The van der Waals surface area contributed by atoms with E-state index in [1.54, 1.807) is 0 Å². The van der Waals surface area contributed by atoms with E-state index in [4.69, 9.17) is 17.3 Å². The summed E-state index contributed by atoms with van der Waals surface area (Å²) in [5, 5.41) is 5.61. The molecule has 194 valence electrons. The van der Waals surface area contributed by atoms with Gasteiger partial charge >= 0.3 is 0 Å². The Hall–Kier alpha value is -3.72. The van der Waals surface area contributed by atoms with Gasteiger partial charge in [-0.25, -0.2) is 4.39 Å². The van der Waals surface area contributed by atoms with Gasteiger partial charge in [0.05, 0.1) is 0 Å². The average molecular weight is 527 g/mol. The first-order valence-corrected chi connectivity index (χ1v) is 12.5. The summed E-state index contributed by atoms with van der Waals surface area (Å²) in [7, 11) is 0. The van der Waals surface area contributed by atoms with Crippen molar-refractivity contribution in [1.82, 2.24) is 15.5 Å². The molecule has 37 heavy (non-hydrogen) atoms. The van der Waals surface area contributed by atoms with E-state index >= 15 is 0 Å². The number of amides is 4. The van der Waals surface area contributed by atoms with Crippen LogP contribution in [0.5, 0.6) is 0 Å². The van der Waals surface area contributed by atoms with Crippen molar-refractivity contribution in [2.45, 2.75) is 37.3 Å². The number of rotatable bonds is 8. The maximum Gasteiger partial charge on any atom is 0.247 e. The highest BCUT2D eigenvalue weighted by Gasteiger charge is 2.41. The molecule has 0 radical (unpaired) electrons. The van der Waals surface area contributed by atoms with Crippen LogP contribution in [0, 0.1) is 11.7 Å². The number of likely N-dealkylation sites (tertiary alicyclic amines) is 1. The fraction of sp³-hybridized carbons (Fsp3) is 0.333. The van der Waals surface area contributed by atoms with Crippen LogP contribution in [0.1, 0.15) is 36.3 Å². The molecule has 2 aromatic carbocycles. The number of nitrogens with two attached hydrogens (primary N) is 1. The van der Waals surface area contributed by atoms with Gasteiger partial charge in [-0.2, -0.15) is 0 Å². The summed E-state index contributed by atoms with van der Waals surface area (Å²) >= 11 is 5.80. The number of nitrogens with one attached hydrogen (secondary N) is 2. The highest BCUT2D eigenvalue weighted by molar-refractivity contribution is 6.30. The van der Waals surface area contributed by atoms with Crippen molar-refractivity contribution in [3.05, 3.63) is 76.6 Å². The molecular weight excluding hydrogens is 499 g/mol. The standard InChI is InChI=1S/C27H28ClFN4O4/c28-20-8-6-17(21(29)14-20)7-9-24(34)33-15-19(16-4-2-1-3-5-16)13-23(33)27(37)32-22(25(30)35)12-18-10-11-31-26(18)36/h1-9,14,18-19,22-23H,10-13,15H2,(H2,30,35)(H,31,36)(H,32,37)/b9-7+/t18-,19?,22-,23?/m0/s1. The van der Waals surface area contributed by atoms with E-state index in [1.165, 1.54) is 29.2 Å². The third-order valence-corrected chi connectivity index (χ3v) is 7.10. The Balaban J connectivity index is 1.53. The molecule has 4 rings (SSSR count). The lowest BCUT2D eigenvalue weighted by Crippen LogP contribution is -2.52. The Labute approximate surface area is 219 Å². The van der Waals surface area contributed by atoms with Gasteiger partial charge in [-0.3, -0.25) is 19.2 Å². The molecule has 2 fully saturated rings. The summed E-state index contributed by atoms with van der Waals surface area (Å²) in [6.07, 6.45) is 3.53. The molecule has 4 amide bonds. The largest absolute Gasteiger partial charge is 0.368 e. The van der Waals surface area contributed by atoms with Crippen LogP contribution in [0.4, 0.5) is 4.39 Å². The lowest BCUT2D eigenvalue weighted by atomic mass is 9.95. The van der Waals surface area contributed by atoms with Gasteiger partial charge < -0.3 is 21.3 Å². The predicted octanol–water partition coefficient (Wildman–Crippen LogP) is 2.37. The van der Waals surface area contributed by atoms with Crippen molar-refractivity contribution in [3.63, 3.8) is 0 Å². The quantitative estimate of drug-likeness (QED) is 0.457. The van der Waals surface area contributed by atoms with E-state index in [9.17, 15) is 23.6 Å². The van der Waals surface area contributed by atoms with Crippen molar-refractivity contribution >= 4 is 41.3 Å². The van der Waals surface area contributed by atoms with Gasteiger partial charge in [0.2, 0.25) is 23.6 Å². The fourth-order valence-electron chi connectivity index (χ4n) is 4.86. The van der Waals surface area contributed by atoms with E-state index in [0.29, 0.717) is 19.4 Å². The first-order valence-electron chi connectivity index (χ1n) is 12.1. The molecule has 0 saturated carbocycles. The molecule has 2 saturated heterocycles. The molecule has 4 atom stereocenters. The van der Waals surface area contributed by atoms with Crippen LogP contribution in [0.25, 0.3) is 6.08 Å². The fourth-order valence-corrected chi connectivity index (χ4v) is 5.02. The van der Waals surface area contributed by atoms with E-state index in [2.05, 4.69) is 10.6 Å². The zero-order valence-electron chi connectivity index (χ0n) is 20.0. The topological polar surface area (TPSA) is 122 Å². The summed E-state index contributed by atoms with van der Waals surface area (Å²) in [5.41, 5.74) is 6.69. The first-order chi connectivity index (χ1) is 17.7. The van der Waals surface area contributed by atoms with Crippen LogP contribution in [-0.2, 0) is 19.2 Å². The number of nitrogens with zero attached hydrogens (tertiary/aromatic N) is 1. The smallest absolute Gasteiger partial charge is 0.247 e. The van der Waals surface area contributed by atoms with Crippen LogP contribution in [0.15, 0.2) is 54.6 Å². The predicted molar refractivity (Wildman–Crippen MR) is 137 cm³/mol. The normalized spacial score (nSPS) is 22.2. The molecule has 0 aromatic heterocycles. The Kier molecular flexibility index (Phi) is 8.23. The molecule has 10 heteroatoms. The molecule has 2 aromatic rings. The maximum atomic E-state index is 14.2. The van der Waals surface area contributed by atoms with Gasteiger partial charge in [-0.1, -0.05) is 48.0 Å². The average Bonchev–Trinajstić information content (AvgIpc) is 3.50. The lowest BCUT2D eigenvalue weighted by Gasteiger charge is -2.25. The second-order valence-electron chi connectivity index (χ2n) is 9.32. The minimum atomic E-state index is -1.05. The number of hydrogen-bond acceptors (Lipinski definition) is 4. The summed E-state index contributed by atoms with van der Waals surface area (Å²) in [6, 6.07) is 11.7. The molecule has 4 N–H and O–H groups in total. The summed E-state index contributed by atoms with van der Waals surface area (Å²) < 4.78 is 14.2. The highest BCUT2D eigenvalue weighted by Crippen LogP contribution is 2.32. The second-order valence-corrected chi connectivity index (χ2v) is 9.76. The maximum absolute atomic E-state index is 14.2. The minimum absolute atomic E-state index is 0.0887. The Bertz CT molecular complexity index is 1220. The van der Waals surface area contributed by atoms with Crippen molar-refractivity contribution in [1.29, 1.82) is 0 Å². The highest BCUT2D eigenvalue weighted by atomic mass is 35.5. The first kappa shape index (κ1) is 26.3. The van der Waals surface area contributed by atoms with E-state index in [-0.39, 0.29) is 35.4 Å². The van der Waals surface area contributed by atoms with Crippen LogP contribution < -0.4 is 16.4 Å². The molecule has 2 aliphatic rings. The third-order valence-electron chi connectivity index (χ3n) is 6.87. The number of benzene rings is 2. The van der Waals surface area contributed by atoms with Crippen LogP contribution in [-0.4, -0.2) is 53.7 Å².